The second-order valence-electron chi connectivity index (χ2n) is 2.85. The highest BCUT2D eigenvalue weighted by Gasteiger charge is 2.42. The number of amides is 1. The van der Waals surface area contributed by atoms with E-state index in [-0.39, 0.29) is 0 Å². The van der Waals surface area contributed by atoms with Gasteiger partial charge in [0, 0.05) is 12.5 Å². The molecule has 0 radical (unpaired) electrons. The molecule has 2 nitrogen and oxygen atoms in total. The fraction of sp³-hybridized carbons (Fsp3) is 0.222. The Morgan fingerprint density at radius 1 is 1.40 bits per heavy atom. The van der Waals surface area contributed by atoms with Crippen molar-refractivity contribution in [2.45, 2.75) is 13.0 Å². The van der Waals surface area contributed by atoms with Crippen LogP contribution in [-0.4, -0.2) is 11.0 Å². The van der Waals surface area contributed by atoms with Crippen LogP contribution in [0, 0.1) is 5.82 Å². The Labute approximate surface area is 83.0 Å². The van der Waals surface area contributed by atoms with Gasteiger partial charge in [0.15, 0.2) is 0 Å². The molecule has 0 N–H and O–H groups in total. The molecule has 1 amide bonds. The topological polar surface area (TPSA) is 20.3 Å². The van der Waals surface area contributed by atoms with Gasteiger partial charge < -0.3 is 0 Å². The van der Waals surface area contributed by atoms with Gasteiger partial charge in [0.2, 0.25) is 0 Å². The second kappa shape index (κ2) is 3.88. The Kier molecular flexibility index (Phi) is 2.97. The van der Waals surface area contributed by atoms with Gasteiger partial charge in [0.1, 0.15) is 5.82 Å². The molecular formula is C9H7F4NO. The summed E-state index contributed by atoms with van der Waals surface area (Å²) in [5, 5.41) is -1.23. The summed E-state index contributed by atoms with van der Waals surface area (Å²) >= 11 is 0. The number of alkyl halides is 2. The Hall–Kier alpha value is -1.59. The van der Waals surface area contributed by atoms with Gasteiger partial charge in [0.05, 0.1) is 0 Å². The summed E-state index contributed by atoms with van der Waals surface area (Å²) in [4.78, 5) is 10.4. The zero-order chi connectivity index (χ0) is 11.6. The van der Waals surface area contributed by atoms with E-state index in [4.69, 9.17) is 0 Å². The number of carbonyl (C=O) groups is 1. The fourth-order valence-corrected chi connectivity index (χ4v) is 0.987. The minimum atomic E-state index is -4.16. The van der Waals surface area contributed by atoms with Crippen molar-refractivity contribution < 1.29 is 22.4 Å². The lowest BCUT2D eigenvalue weighted by molar-refractivity contribution is -0.236. The highest BCUT2D eigenvalue weighted by atomic mass is 19.3. The van der Waals surface area contributed by atoms with E-state index in [1.165, 1.54) is 0 Å². The number of hydrogen-bond acceptors (Lipinski definition) is 1. The Morgan fingerprint density at radius 2 is 2.00 bits per heavy atom. The molecular weight excluding hydrogens is 214 g/mol. The van der Waals surface area contributed by atoms with E-state index in [1.54, 1.807) is 0 Å². The molecule has 0 aliphatic carbocycles. The summed E-state index contributed by atoms with van der Waals surface area (Å²) in [6.07, 6.45) is 0. The van der Waals surface area contributed by atoms with Gasteiger partial charge in [0.25, 0.3) is 5.91 Å². The highest BCUT2D eigenvalue weighted by molar-refractivity contribution is 5.72. The summed E-state index contributed by atoms with van der Waals surface area (Å²) in [6, 6.07) is -0.912. The Morgan fingerprint density at radius 3 is 2.47 bits per heavy atom. The van der Waals surface area contributed by atoms with Crippen molar-refractivity contribution >= 4 is 5.91 Å². The van der Waals surface area contributed by atoms with E-state index < -0.39 is 28.5 Å². The minimum Gasteiger partial charge on any atom is -0.272 e. The van der Waals surface area contributed by atoms with Crippen molar-refractivity contribution in [3.05, 3.63) is 35.6 Å². The number of halogens is 4. The van der Waals surface area contributed by atoms with Crippen molar-refractivity contribution in [3.63, 3.8) is 0 Å². The third-order valence-corrected chi connectivity index (χ3v) is 1.69. The van der Waals surface area contributed by atoms with Crippen LogP contribution < -0.4 is 0 Å². The first-order valence-electron chi connectivity index (χ1n) is 3.96. The third-order valence-electron chi connectivity index (χ3n) is 1.69. The summed E-state index contributed by atoms with van der Waals surface area (Å²) in [7, 11) is 0. The number of benzene rings is 1. The number of hydrogen-bond donors (Lipinski definition) is 0. The summed E-state index contributed by atoms with van der Waals surface area (Å²) in [5.41, 5.74) is -0.916. The van der Waals surface area contributed by atoms with E-state index in [9.17, 15) is 22.4 Å². The maximum atomic E-state index is 13.1. The van der Waals surface area contributed by atoms with Crippen molar-refractivity contribution in [2.24, 2.45) is 0 Å². The lowest BCUT2D eigenvalue weighted by Gasteiger charge is -2.21. The molecule has 0 heterocycles. The van der Waals surface area contributed by atoms with Crippen LogP contribution in [0.25, 0.3) is 0 Å². The van der Waals surface area contributed by atoms with Gasteiger partial charge in [-0.1, -0.05) is 16.6 Å². The Bertz CT molecular complexity index is 380. The van der Waals surface area contributed by atoms with Gasteiger partial charge in [-0.2, -0.15) is 8.78 Å². The number of nitrogens with zero attached hydrogens (tertiary/aromatic N) is 1. The van der Waals surface area contributed by atoms with Gasteiger partial charge >= 0.3 is 6.05 Å². The predicted molar refractivity (Wildman–Crippen MR) is 43.9 cm³/mol. The van der Waals surface area contributed by atoms with Gasteiger partial charge in [-0.3, -0.25) is 4.79 Å². The molecule has 6 heteroatoms. The molecule has 0 aromatic heterocycles. The van der Waals surface area contributed by atoms with Crippen molar-refractivity contribution in [3.8, 4) is 0 Å². The number of rotatable bonds is 2. The zero-order valence-corrected chi connectivity index (χ0v) is 7.68. The Balaban J connectivity index is 3.10. The van der Waals surface area contributed by atoms with Crippen LogP contribution in [-0.2, 0) is 10.8 Å². The smallest absolute Gasteiger partial charge is 0.272 e. The fourth-order valence-electron chi connectivity index (χ4n) is 0.987. The van der Waals surface area contributed by atoms with E-state index in [1.807, 2.05) is 0 Å². The van der Waals surface area contributed by atoms with Crippen LogP contribution in [0.5, 0.6) is 0 Å². The molecule has 0 aliphatic rings. The maximum Gasteiger partial charge on any atom is 0.380 e. The molecule has 0 spiro atoms. The second-order valence-corrected chi connectivity index (χ2v) is 2.85. The van der Waals surface area contributed by atoms with E-state index in [0.717, 1.165) is 18.2 Å². The first-order chi connectivity index (χ1) is 6.85. The normalized spacial score (nSPS) is 11.3. The van der Waals surface area contributed by atoms with Crippen molar-refractivity contribution in [2.75, 3.05) is 0 Å². The van der Waals surface area contributed by atoms with Crippen molar-refractivity contribution in [1.29, 1.82) is 0 Å². The third kappa shape index (κ3) is 2.26. The molecule has 1 rings (SSSR count). The van der Waals surface area contributed by atoms with Crippen LogP contribution in [0.15, 0.2) is 24.3 Å². The summed E-state index contributed by atoms with van der Waals surface area (Å²) in [5.74, 6) is -2.38. The standard InChI is InChI=1S/C9H7F4NO/c1-6(15)14(13)9(11,12)7-3-2-4-8(10)5-7/h2-5H,1H3. The highest BCUT2D eigenvalue weighted by Crippen LogP contribution is 2.32. The van der Waals surface area contributed by atoms with Gasteiger partial charge in [-0.15, -0.1) is 5.12 Å². The number of carbonyl (C=O) groups excluding carboxylic acids is 1. The first kappa shape index (κ1) is 11.5. The molecule has 0 atom stereocenters. The van der Waals surface area contributed by atoms with E-state index in [2.05, 4.69) is 0 Å². The van der Waals surface area contributed by atoms with Crippen LogP contribution >= 0.6 is 0 Å². The van der Waals surface area contributed by atoms with E-state index in [0.29, 0.717) is 13.0 Å². The van der Waals surface area contributed by atoms with Crippen LogP contribution in [0.1, 0.15) is 12.5 Å². The van der Waals surface area contributed by atoms with Gasteiger partial charge in [-0.25, -0.2) is 4.39 Å². The van der Waals surface area contributed by atoms with Crippen LogP contribution in [0.3, 0.4) is 0 Å². The molecule has 0 saturated heterocycles. The van der Waals surface area contributed by atoms with Crippen LogP contribution in [0.4, 0.5) is 17.7 Å². The summed E-state index contributed by atoms with van der Waals surface area (Å²) in [6.45, 7) is 0.646. The van der Waals surface area contributed by atoms with Crippen LogP contribution in [0.2, 0.25) is 0 Å². The minimum absolute atomic E-state index is 0.468. The molecule has 0 saturated carbocycles. The van der Waals surface area contributed by atoms with Crippen molar-refractivity contribution in [1.82, 2.24) is 5.12 Å². The van der Waals surface area contributed by atoms with Gasteiger partial charge in [-0.05, 0) is 12.1 Å². The molecule has 0 bridgehead atoms. The SMILES string of the molecule is CC(=O)N(F)C(F)(F)c1cccc(F)c1. The quantitative estimate of drug-likeness (QED) is 0.427. The lowest BCUT2D eigenvalue weighted by Crippen LogP contribution is -2.36. The maximum absolute atomic E-state index is 13.1. The monoisotopic (exact) mass is 221 g/mol. The average molecular weight is 221 g/mol. The molecule has 82 valence electrons. The molecule has 0 aliphatic heterocycles. The summed E-state index contributed by atoms with van der Waals surface area (Å²) < 4.78 is 51.6. The molecule has 1 aromatic carbocycles. The predicted octanol–water partition coefficient (Wildman–Crippen LogP) is 2.61. The first-order valence-corrected chi connectivity index (χ1v) is 3.96. The average Bonchev–Trinajstić information content (AvgIpc) is 2.16. The largest absolute Gasteiger partial charge is 0.380 e. The lowest BCUT2D eigenvalue weighted by atomic mass is 10.2. The zero-order valence-electron chi connectivity index (χ0n) is 7.68. The van der Waals surface area contributed by atoms with E-state index >= 15 is 0 Å². The molecule has 15 heavy (non-hydrogen) atoms. The molecule has 1 aromatic rings. The molecule has 0 unspecified atom stereocenters. The molecule has 0 fully saturated rings.